The summed E-state index contributed by atoms with van der Waals surface area (Å²) in [5.74, 6) is 0.0545. The van der Waals surface area contributed by atoms with Gasteiger partial charge in [0.05, 0.1) is 11.8 Å². The molecule has 0 unspecified atom stereocenters. The fraction of sp³-hybridized carbons (Fsp3) is 0.688. The van der Waals surface area contributed by atoms with Crippen molar-refractivity contribution in [1.29, 1.82) is 0 Å². The van der Waals surface area contributed by atoms with Gasteiger partial charge < -0.3 is 10.2 Å². The van der Waals surface area contributed by atoms with Crippen LogP contribution in [0.2, 0.25) is 0 Å². The van der Waals surface area contributed by atoms with Crippen molar-refractivity contribution in [2.75, 3.05) is 39.5 Å². The molecule has 8 heteroatoms. The zero-order chi connectivity index (χ0) is 17.7. The van der Waals surface area contributed by atoms with Crippen LogP contribution >= 0.6 is 11.3 Å². The number of rotatable bonds is 7. The molecule has 0 spiro atoms. The number of thiophene rings is 1. The first-order valence-electron chi connectivity index (χ1n) is 8.29. The molecule has 0 bridgehead atoms. The maximum atomic E-state index is 12.4. The van der Waals surface area contributed by atoms with Gasteiger partial charge in [-0.15, -0.1) is 0 Å². The zero-order valence-corrected chi connectivity index (χ0v) is 16.2. The van der Waals surface area contributed by atoms with Crippen LogP contribution in [0.1, 0.15) is 31.4 Å². The van der Waals surface area contributed by atoms with E-state index in [9.17, 15) is 13.2 Å². The fourth-order valence-corrected chi connectivity index (χ4v) is 4.82. The van der Waals surface area contributed by atoms with Crippen molar-refractivity contribution < 1.29 is 13.2 Å². The van der Waals surface area contributed by atoms with Crippen LogP contribution in [0.4, 0.5) is 0 Å². The zero-order valence-electron chi connectivity index (χ0n) is 14.6. The lowest BCUT2D eigenvalue weighted by Crippen LogP contribution is -2.44. The number of amides is 1. The van der Waals surface area contributed by atoms with Crippen molar-refractivity contribution in [3.63, 3.8) is 0 Å². The first kappa shape index (κ1) is 19.4. The average Bonchev–Trinajstić information content (AvgIpc) is 3.09. The van der Waals surface area contributed by atoms with Gasteiger partial charge in [0, 0.05) is 25.6 Å². The molecular weight excluding hydrogens is 346 g/mol. The number of carbonyl (C=O) groups is 1. The predicted octanol–water partition coefficient (Wildman–Crippen LogP) is 1.53. The molecule has 1 N–H and O–H groups in total. The molecule has 1 fully saturated rings. The normalized spacial score (nSPS) is 18.7. The van der Waals surface area contributed by atoms with Crippen molar-refractivity contribution in [3.8, 4) is 0 Å². The quantitative estimate of drug-likeness (QED) is 0.787. The first-order chi connectivity index (χ1) is 11.3. The van der Waals surface area contributed by atoms with Gasteiger partial charge in [0.1, 0.15) is 0 Å². The van der Waals surface area contributed by atoms with Crippen LogP contribution in [0.3, 0.4) is 0 Å². The lowest BCUT2D eigenvalue weighted by molar-refractivity contribution is -0.126. The van der Waals surface area contributed by atoms with Gasteiger partial charge in [0.15, 0.2) is 0 Å². The lowest BCUT2D eigenvalue weighted by atomic mass is 9.97. The third kappa shape index (κ3) is 4.78. The van der Waals surface area contributed by atoms with Gasteiger partial charge in [-0.3, -0.25) is 4.79 Å². The Bertz CT molecular complexity index is 621. The molecule has 1 aliphatic heterocycles. The summed E-state index contributed by atoms with van der Waals surface area (Å²) < 4.78 is 25.3. The third-order valence-corrected chi connectivity index (χ3v) is 7.19. The van der Waals surface area contributed by atoms with Crippen molar-refractivity contribution in [2.45, 2.75) is 25.8 Å². The molecular formula is C16H27N3O3S2. The van der Waals surface area contributed by atoms with E-state index in [1.807, 2.05) is 19.5 Å². The van der Waals surface area contributed by atoms with E-state index in [0.29, 0.717) is 32.5 Å². The summed E-state index contributed by atoms with van der Waals surface area (Å²) in [5, 5.41) is 7.19. The van der Waals surface area contributed by atoms with Gasteiger partial charge in [0.25, 0.3) is 0 Å². The van der Waals surface area contributed by atoms with Crippen molar-refractivity contribution >= 4 is 27.3 Å². The molecule has 136 valence electrons. The Balaban J connectivity index is 1.85. The highest BCUT2D eigenvalue weighted by Crippen LogP contribution is 2.22. The summed E-state index contributed by atoms with van der Waals surface area (Å²) in [6.45, 7) is 3.10. The van der Waals surface area contributed by atoms with Gasteiger partial charge in [-0.2, -0.15) is 11.3 Å². The molecule has 1 atom stereocenters. The van der Waals surface area contributed by atoms with Crippen molar-refractivity contribution in [3.05, 3.63) is 22.4 Å². The molecule has 1 saturated heterocycles. The summed E-state index contributed by atoms with van der Waals surface area (Å²) in [7, 11) is 0.864. The van der Waals surface area contributed by atoms with Crippen LogP contribution < -0.4 is 5.32 Å². The summed E-state index contributed by atoms with van der Waals surface area (Å²) in [6, 6.07) is 2.23. The second kappa shape index (κ2) is 8.42. The van der Waals surface area contributed by atoms with Gasteiger partial charge in [0.2, 0.25) is 15.9 Å². The number of hydrogen-bond donors (Lipinski definition) is 1. The van der Waals surface area contributed by atoms with Gasteiger partial charge in [-0.25, -0.2) is 12.7 Å². The van der Waals surface area contributed by atoms with Gasteiger partial charge in [-0.05, 0) is 56.3 Å². The number of carbonyl (C=O) groups excluding carboxylic acids is 1. The Morgan fingerprint density at radius 1 is 1.42 bits per heavy atom. The Morgan fingerprint density at radius 3 is 2.58 bits per heavy atom. The van der Waals surface area contributed by atoms with E-state index in [2.05, 4.69) is 21.7 Å². The smallest absolute Gasteiger partial charge is 0.223 e. The highest BCUT2D eigenvalue weighted by Gasteiger charge is 2.30. The van der Waals surface area contributed by atoms with Gasteiger partial charge >= 0.3 is 0 Å². The van der Waals surface area contributed by atoms with E-state index in [1.165, 1.54) is 9.87 Å². The van der Waals surface area contributed by atoms with Crippen LogP contribution in [0.15, 0.2) is 16.8 Å². The molecule has 24 heavy (non-hydrogen) atoms. The molecule has 0 radical (unpaired) electrons. The SMILES string of the molecule is CCS(=O)(=O)N1CCC(C(=O)NC[C@H](c2ccsc2)N(C)C)CC1. The van der Waals surface area contributed by atoms with E-state index in [-0.39, 0.29) is 23.6 Å². The molecule has 0 aromatic carbocycles. The average molecular weight is 374 g/mol. The van der Waals surface area contributed by atoms with Crippen molar-refractivity contribution in [2.24, 2.45) is 5.92 Å². The molecule has 0 saturated carbocycles. The lowest BCUT2D eigenvalue weighted by Gasteiger charge is -2.31. The van der Waals surface area contributed by atoms with Crippen LogP contribution in [0.5, 0.6) is 0 Å². The highest BCUT2D eigenvalue weighted by atomic mass is 32.2. The van der Waals surface area contributed by atoms with E-state index >= 15 is 0 Å². The summed E-state index contributed by atoms with van der Waals surface area (Å²) >= 11 is 1.65. The van der Waals surface area contributed by atoms with E-state index in [0.717, 1.165) is 0 Å². The molecule has 2 rings (SSSR count). The van der Waals surface area contributed by atoms with Crippen molar-refractivity contribution in [1.82, 2.24) is 14.5 Å². The Labute approximate surface area is 148 Å². The van der Waals surface area contributed by atoms with Gasteiger partial charge in [-0.1, -0.05) is 0 Å². The number of nitrogens with zero attached hydrogens (tertiary/aromatic N) is 2. The maximum Gasteiger partial charge on any atom is 0.223 e. The van der Waals surface area contributed by atoms with E-state index < -0.39 is 10.0 Å². The minimum absolute atomic E-state index is 0.0330. The molecule has 1 aromatic heterocycles. The standard InChI is InChI=1S/C16H27N3O3S2/c1-4-24(21,22)19-8-5-13(6-9-19)16(20)17-11-15(18(2)3)14-7-10-23-12-14/h7,10,12-13,15H,4-6,8-9,11H2,1-3H3,(H,17,20)/t15-/m1/s1. The number of hydrogen-bond acceptors (Lipinski definition) is 5. The molecule has 0 aliphatic carbocycles. The Kier molecular flexibility index (Phi) is 6.79. The van der Waals surface area contributed by atoms with Crippen LogP contribution in [0.25, 0.3) is 0 Å². The second-order valence-electron chi connectivity index (χ2n) is 6.36. The fourth-order valence-electron chi connectivity index (χ4n) is 2.98. The third-order valence-electron chi connectivity index (χ3n) is 4.60. The number of nitrogens with one attached hydrogen (secondary N) is 1. The first-order valence-corrected chi connectivity index (χ1v) is 10.8. The molecule has 2 heterocycles. The summed E-state index contributed by atoms with van der Waals surface area (Å²) in [6.07, 6.45) is 1.19. The van der Waals surface area contributed by atoms with E-state index in [1.54, 1.807) is 18.3 Å². The van der Waals surface area contributed by atoms with Crippen LogP contribution in [-0.2, 0) is 14.8 Å². The minimum Gasteiger partial charge on any atom is -0.354 e. The Morgan fingerprint density at radius 2 is 2.08 bits per heavy atom. The number of sulfonamides is 1. The molecule has 1 aromatic rings. The second-order valence-corrected chi connectivity index (χ2v) is 9.39. The van der Waals surface area contributed by atoms with Crippen LogP contribution in [0, 0.1) is 5.92 Å². The Hall–Kier alpha value is -0.960. The molecule has 1 amide bonds. The monoisotopic (exact) mass is 373 g/mol. The molecule has 1 aliphatic rings. The molecule has 6 nitrogen and oxygen atoms in total. The number of piperidine rings is 1. The summed E-state index contributed by atoms with van der Waals surface area (Å²) in [5.41, 5.74) is 1.20. The van der Waals surface area contributed by atoms with E-state index in [4.69, 9.17) is 0 Å². The highest BCUT2D eigenvalue weighted by molar-refractivity contribution is 7.89. The van der Waals surface area contributed by atoms with Crippen LogP contribution in [-0.4, -0.2) is 63.0 Å². The topological polar surface area (TPSA) is 69.7 Å². The largest absolute Gasteiger partial charge is 0.354 e. The maximum absolute atomic E-state index is 12.4. The predicted molar refractivity (Wildman–Crippen MR) is 97.5 cm³/mol. The summed E-state index contributed by atoms with van der Waals surface area (Å²) in [4.78, 5) is 14.5. The minimum atomic E-state index is -3.14. The number of likely N-dealkylation sites (N-methyl/N-ethyl adjacent to an activating group) is 1.